The lowest BCUT2D eigenvalue weighted by Crippen LogP contribution is -2.11. The van der Waals surface area contributed by atoms with Crippen molar-refractivity contribution < 1.29 is 22.8 Å². The molecule has 0 radical (unpaired) electrons. The summed E-state index contributed by atoms with van der Waals surface area (Å²) in [7, 11) is 0. The fourth-order valence-corrected chi connectivity index (χ4v) is 1.42. The zero-order valence-corrected chi connectivity index (χ0v) is 10.2. The van der Waals surface area contributed by atoms with Crippen LogP contribution >= 0.6 is 0 Å². The van der Waals surface area contributed by atoms with Crippen molar-refractivity contribution in [2.75, 3.05) is 5.73 Å². The summed E-state index contributed by atoms with van der Waals surface area (Å²) in [5.41, 5.74) is 3.64. The number of hydrogen-bond acceptors (Lipinski definition) is 6. The average molecular weight is 300 g/mol. The van der Waals surface area contributed by atoms with Gasteiger partial charge in [0.15, 0.2) is 5.69 Å². The highest BCUT2D eigenvalue weighted by Crippen LogP contribution is 2.31. The first-order valence-corrected chi connectivity index (χ1v) is 5.40. The lowest BCUT2D eigenvalue weighted by molar-refractivity contribution is -0.384. The number of benzene rings is 1. The fraction of sp³-hybridized carbons (Fsp3) is 0.0909. The largest absolute Gasteiger partial charge is 0.439 e. The lowest BCUT2D eigenvalue weighted by atomic mass is 10.3. The standard InChI is InChI=1S/C11H7F3N4O3/c12-11(13,14)8-5-9(17-10(15)16-8)21-7-3-1-2-6(4-7)18(19)20/h1-5H,(H2,15,16,17). The van der Waals surface area contributed by atoms with Crippen LogP contribution in [0.25, 0.3) is 0 Å². The normalized spacial score (nSPS) is 11.2. The molecule has 7 nitrogen and oxygen atoms in total. The highest BCUT2D eigenvalue weighted by Gasteiger charge is 2.33. The van der Waals surface area contributed by atoms with Crippen LogP contribution in [0.1, 0.15) is 5.69 Å². The smallest absolute Gasteiger partial charge is 0.433 e. The molecule has 0 spiro atoms. The fourth-order valence-electron chi connectivity index (χ4n) is 1.42. The number of hydrogen-bond donors (Lipinski definition) is 1. The Morgan fingerprint density at radius 2 is 1.95 bits per heavy atom. The van der Waals surface area contributed by atoms with Gasteiger partial charge in [-0.2, -0.15) is 18.2 Å². The highest BCUT2D eigenvalue weighted by molar-refractivity contribution is 5.40. The van der Waals surface area contributed by atoms with Gasteiger partial charge in [-0.15, -0.1) is 0 Å². The predicted molar refractivity (Wildman–Crippen MR) is 64.6 cm³/mol. The summed E-state index contributed by atoms with van der Waals surface area (Å²) in [6.45, 7) is 0. The van der Waals surface area contributed by atoms with Gasteiger partial charge in [0.1, 0.15) is 5.75 Å². The van der Waals surface area contributed by atoms with Gasteiger partial charge >= 0.3 is 6.18 Å². The van der Waals surface area contributed by atoms with E-state index in [2.05, 4.69) is 9.97 Å². The Balaban J connectivity index is 2.33. The number of nitro groups is 1. The van der Waals surface area contributed by atoms with Gasteiger partial charge in [0.2, 0.25) is 11.8 Å². The molecule has 2 N–H and O–H groups in total. The molecule has 0 amide bonds. The van der Waals surface area contributed by atoms with E-state index in [1.165, 1.54) is 18.2 Å². The van der Waals surface area contributed by atoms with E-state index in [1.807, 2.05) is 0 Å². The Kier molecular flexibility index (Phi) is 3.61. The van der Waals surface area contributed by atoms with Crippen LogP contribution in [0.5, 0.6) is 11.6 Å². The van der Waals surface area contributed by atoms with Gasteiger partial charge in [-0.05, 0) is 6.07 Å². The maximum Gasteiger partial charge on any atom is 0.433 e. The van der Waals surface area contributed by atoms with Gasteiger partial charge in [-0.25, -0.2) is 4.98 Å². The molecular formula is C11H7F3N4O3. The number of nitrogens with zero attached hydrogens (tertiary/aromatic N) is 3. The van der Waals surface area contributed by atoms with E-state index in [1.54, 1.807) is 0 Å². The molecule has 0 unspecified atom stereocenters. The minimum absolute atomic E-state index is 0.0459. The third-order valence-electron chi connectivity index (χ3n) is 2.26. The second-order valence-electron chi connectivity index (χ2n) is 3.80. The van der Waals surface area contributed by atoms with Gasteiger partial charge in [-0.1, -0.05) is 6.07 Å². The topological polar surface area (TPSA) is 104 Å². The average Bonchev–Trinajstić information content (AvgIpc) is 2.37. The zero-order valence-electron chi connectivity index (χ0n) is 10.2. The monoisotopic (exact) mass is 300 g/mol. The maximum absolute atomic E-state index is 12.6. The summed E-state index contributed by atoms with van der Waals surface area (Å²) < 4.78 is 42.7. The number of halogens is 3. The second-order valence-corrected chi connectivity index (χ2v) is 3.80. The van der Waals surface area contributed by atoms with E-state index >= 15 is 0 Å². The highest BCUT2D eigenvalue weighted by atomic mass is 19.4. The summed E-state index contributed by atoms with van der Waals surface area (Å²) in [4.78, 5) is 16.5. The molecule has 2 aromatic rings. The van der Waals surface area contributed by atoms with Crippen molar-refractivity contribution in [2.24, 2.45) is 0 Å². The number of nitrogen functional groups attached to an aromatic ring is 1. The van der Waals surface area contributed by atoms with E-state index < -0.39 is 28.6 Å². The molecule has 1 heterocycles. The molecule has 0 bridgehead atoms. The zero-order chi connectivity index (χ0) is 15.6. The molecule has 21 heavy (non-hydrogen) atoms. The van der Waals surface area contributed by atoms with E-state index in [9.17, 15) is 23.3 Å². The van der Waals surface area contributed by atoms with E-state index in [4.69, 9.17) is 10.5 Å². The van der Waals surface area contributed by atoms with E-state index in [-0.39, 0.29) is 11.4 Å². The Morgan fingerprint density at radius 1 is 1.24 bits per heavy atom. The van der Waals surface area contributed by atoms with Crippen molar-refractivity contribution in [2.45, 2.75) is 6.18 Å². The molecule has 0 saturated carbocycles. The van der Waals surface area contributed by atoms with Crippen molar-refractivity contribution in [1.82, 2.24) is 9.97 Å². The molecule has 10 heteroatoms. The Hall–Kier alpha value is -2.91. The van der Waals surface area contributed by atoms with Crippen LogP contribution in [0.4, 0.5) is 24.8 Å². The minimum atomic E-state index is -4.71. The number of rotatable bonds is 3. The molecule has 0 aliphatic carbocycles. The van der Waals surface area contributed by atoms with E-state index in [0.717, 1.165) is 6.07 Å². The van der Waals surface area contributed by atoms with Crippen molar-refractivity contribution in [3.05, 3.63) is 46.1 Å². The van der Waals surface area contributed by atoms with Gasteiger partial charge in [0, 0.05) is 12.1 Å². The van der Waals surface area contributed by atoms with Crippen LogP contribution in [0.15, 0.2) is 30.3 Å². The number of non-ortho nitro benzene ring substituents is 1. The summed E-state index contributed by atoms with van der Waals surface area (Å²) in [5, 5.41) is 10.6. The predicted octanol–water partition coefficient (Wildman–Crippen LogP) is 2.78. The van der Waals surface area contributed by atoms with Crippen LogP contribution in [0, 0.1) is 10.1 Å². The Bertz CT molecular complexity index is 691. The maximum atomic E-state index is 12.6. The molecule has 0 aliphatic heterocycles. The summed E-state index contributed by atoms with van der Waals surface area (Å²) in [5.74, 6) is -1.13. The second kappa shape index (κ2) is 5.23. The molecule has 0 aliphatic rings. The Labute approximate surface area is 115 Å². The number of alkyl halides is 3. The van der Waals surface area contributed by atoms with E-state index in [0.29, 0.717) is 6.07 Å². The molecule has 110 valence electrons. The van der Waals surface area contributed by atoms with Crippen molar-refractivity contribution in [3.63, 3.8) is 0 Å². The summed E-state index contributed by atoms with van der Waals surface area (Å²) in [6, 6.07) is 5.46. The summed E-state index contributed by atoms with van der Waals surface area (Å²) >= 11 is 0. The van der Waals surface area contributed by atoms with Crippen LogP contribution in [-0.4, -0.2) is 14.9 Å². The van der Waals surface area contributed by atoms with Gasteiger partial charge in [0.05, 0.1) is 11.0 Å². The van der Waals surface area contributed by atoms with Crippen LogP contribution in [0.2, 0.25) is 0 Å². The first kappa shape index (κ1) is 14.5. The number of ether oxygens (including phenoxy) is 1. The molecule has 1 aromatic heterocycles. The first-order valence-electron chi connectivity index (χ1n) is 5.40. The molecular weight excluding hydrogens is 293 g/mol. The first-order chi connectivity index (χ1) is 9.75. The van der Waals surface area contributed by atoms with Crippen LogP contribution in [-0.2, 0) is 6.18 Å². The third kappa shape index (κ3) is 3.55. The summed E-state index contributed by atoms with van der Waals surface area (Å²) in [6.07, 6.45) is -4.71. The van der Waals surface area contributed by atoms with Gasteiger partial charge in [-0.3, -0.25) is 10.1 Å². The lowest BCUT2D eigenvalue weighted by Gasteiger charge is -2.09. The molecule has 0 fully saturated rings. The van der Waals surface area contributed by atoms with Crippen molar-refractivity contribution in [3.8, 4) is 11.6 Å². The van der Waals surface area contributed by atoms with Crippen LogP contribution < -0.4 is 10.5 Å². The number of anilines is 1. The number of nitro benzene ring substituents is 1. The molecule has 0 atom stereocenters. The minimum Gasteiger partial charge on any atom is -0.439 e. The van der Waals surface area contributed by atoms with Crippen molar-refractivity contribution >= 4 is 11.6 Å². The van der Waals surface area contributed by atoms with Crippen LogP contribution in [0.3, 0.4) is 0 Å². The molecule has 0 saturated heterocycles. The van der Waals surface area contributed by atoms with Gasteiger partial charge in [0.25, 0.3) is 5.69 Å². The number of aromatic nitrogens is 2. The molecule has 2 rings (SSSR count). The number of nitrogens with two attached hydrogens (primary N) is 1. The third-order valence-corrected chi connectivity index (χ3v) is 2.26. The van der Waals surface area contributed by atoms with Crippen molar-refractivity contribution in [1.29, 1.82) is 0 Å². The van der Waals surface area contributed by atoms with Gasteiger partial charge < -0.3 is 10.5 Å². The Morgan fingerprint density at radius 3 is 2.57 bits per heavy atom. The SMILES string of the molecule is Nc1nc(Oc2cccc([N+](=O)[O-])c2)cc(C(F)(F)F)n1. The molecule has 1 aromatic carbocycles. The quantitative estimate of drug-likeness (QED) is 0.690.